The summed E-state index contributed by atoms with van der Waals surface area (Å²) in [5.41, 5.74) is 0.463. The summed E-state index contributed by atoms with van der Waals surface area (Å²) >= 11 is 6.06. The smallest absolute Gasteiger partial charge is 0.199 e. The molecule has 0 amide bonds. The molecule has 0 aromatic carbocycles. The molecule has 0 bridgehead atoms. The Balaban J connectivity index is 2.16. The first-order valence-electron chi connectivity index (χ1n) is 6.72. The van der Waals surface area contributed by atoms with E-state index in [1.165, 1.54) is 32.0 Å². The van der Waals surface area contributed by atoms with Crippen molar-refractivity contribution in [2.24, 2.45) is 5.41 Å². The third kappa shape index (κ3) is 3.11. The van der Waals surface area contributed by atoms with Crippen LogP contribution < -0.4 is 9.64 Å². The number of nitrogens with zero attached hydrogens (tertiary/aromatic N) is 3. The summed E-state index contributed by atoms with van der Waals surface area (Å²) in [4.78, 5) is 10.5. The van der Waals surface area contributed by atoms with Gasteiger partial charge in [-0.2, -0.15) is 0 Å². The Bertz CT molecular complexity index is 440. The van der Waals surface area contributed by atoms with Gasteiger partial charge in [0.05, 0.1) is 7.11 Å². The van der Waals surface area contributed by atoms with Crippen LogP contribution in [-0.2, 0) is 0 Å². The molecular weight excluding hydrogens is 262 g/mol. The summed E-state index contributed by atoms with van der Waals surface area (Å²) in [7, 11) is 3.66. The lowest BCUT2D eigenvalue weighted by molar-refractivity contribution is 0.222. The zero-order valence-corrected chi connectivity index (χ0v) is 12.9. The van der Waals surface area contributed by atoms with Gasteiger partial charge in [-0.15, -0.1) is 0 Å². The molecule has 1 saturated carbocycles. The molecule has 1 aromatic rings. The molecule has 0 N–H and O–H groups in total. The summed E-state index contributed by atoms with van der Waals surface area (Å²) in [5.74, 6) is 1.35. The van der Waals surface area contributed by atoms with Gasteiger partial charge in [0.2, 0.25) is 0 Å². The van der Waals surface area contributed by atoms with E-state index in [1.807, 2.05) is 0 Å². The Morgan fingerprint density at radius 2 is 1.95 bits per heavy atom. The molecule has 0 atom stereocenters. The Labute approximate surface area is 120 Å². The SMILES string of the molecule is COc1c(Cl)ncnc1N(C)C1CCC(C)(C)CC1. The van der Waals surface area contributed by atoms with E-state index in [4.69, 9.17) is 16.3 Å². The van der Waals surface area contributed by atoms with Crippen LogP contribution in [0.3, 0.4) is 0 Å². The number of halogens is 1. The number of methoxy groups -OCH3 is 1. The summed E-state index contributed by atoms with van der Waals surface area (Å²) in [6, 6.07) is 0.493. The van der Waals surface area contributed by atoms with Crippen molar-refractivity contribution in [1.29, 1.82) is 0 Å². The topological polar surface area (TPSA) is 38.3 Å². The molecule has 1 aliphatic carbocycles. The zero-order chi connectivity index (χ0) is 14.0. The second kappa shape index (κ2) is 5.53. The molecule has 19 heavy (non-hydrogen) atoms. The molecule has 0 unspecified atom stereocenters. The van der Waals surface area contributed by atoms with E-state index in [0.717, 1.165) is 5.82 Å². The van der Waals surface area contributed by atoms with E-state index in [1.54, 1.807) is 7.11 Å². The molecule has 2 rings (SSSR count). The summed E-state index contributed by atoms with van der Waals surface area (Å²) in [5, 5.41) is 0.371. The molecule has 1 fully saturated rings. The van der Waals surface area contributed by atoms with E-state index < -0.39 is 0 Å². The maximum atomic E-state index is 6.06. The van der Waals surface area contributed by atoms with Crippen LogP contribution in [0.25, 0.3) is 0 Å². The van der Waals surface area contributed by atoms with Crippen LogP contribution in [0.4, 0.5) is 5.82 Å². The molecule has 0 saturated heterocycles. The lowest BCUT2D eigenvalue weighted by atomic mass is 9.75. The van der Waals surface area contributed by atoms with Gasteiger partial charge in [0, 0.05) is 13.1 Å². The molecule has 5 heteroatoms. The average Bonchev–Trinajstić information content (AvgIpc) is 2.37. The first-order valence-corrected chi connectivity index (χ1v) is 7.10. The molecule has 1 aliphatic rings. The zero-order valence-electron chi connectivity index (χ0n) is 12.1. The standard InChI is InChI=1S/C14H22ClN3O/c1-14(2)7-5-10(6-8-14)18(3)13-11(19-4)12(15)16-9-17-13/h9-10H,5-8H2,1-4H3. The fraction of sp³-hybridized carbons (Fsp3) is 0.714. The molecule has 0 spiro atoms. The molecule has 4 nitrogen and oxygen atoms in total. The van der Waals surface area contributed by atoms with Crippen LogP contribution in [-0.4, -0.2) is 30.2 Å². The van der Waals surface area contributed by atoms with Crippen LogP contribution in [0, 0.1) is 5.41 Å². The molecule has 1 aromatic heterocycles. The molecule has 1 heterocycles. The van der Waals surface area contributed by atoms with E-state index in [-0.39, 0.29) is 0 Å². The summed E-state index contributed by atoms with van der Waals surface area (Å²) in [6.45, 7) is 4.68. The number of hydrogen-bond acceptors (Lipinski definition) is 4. The second-order valence-corrected chi connectivity index (χ2v) is 6.39. The van der Waals surface area contributed by atoms with E-state index in [9.17, 15) is 0 Å². The van der Waals surface area contributed by atoms with Gasteiger partial charge >= 0.3 is 0 Å². The molecular formula is C14H22ClN3O. The van der Waals surface area contributed by atoms with Gasteiger partial charge in [0.1, 0.15) is 6.33 Å². The van der Waals surface area contributed by atoms with E-state index in [2.05, 4.69) is 35.8 Å². The van der Waals surface area contributed by atoms with Gasteiger partial charge in [-0.1, -0.05) is 25.4 Å². The van der Waals surface area contributed by atoms with Crippen molar-refractivity contribution in [3.8, 4) is 5.75 Å². The lowest BCUT2D eigenvalue weighted by Crippen LogP contribution is -2.37. The van der Waals surface area contributed by atoms with Crippen molar-refractivity contribution >= 4 is 17.4 Å². The Kier molecular flexibility index (Phi) is 4.19. The van der Waals surface area contributed by atoms with Crippen LogP contribution in [0.1, 0.15) is 39.5 Å². The highest BCUT2D eigenvalue weighted by Gasteiger charge is 2.30. The predicted molar refractivity (Wildman–Crippen MR) is 78.0 cm³/mol. The van der Waals surface area contributed by atoms with Gasteiger partial charge in [-0.25, -0.2) is 9.97 Å². The fourth-order valence-corrected chi connectivity index (χ4v) is 2.92. The van der Waals surface area contributed by atoms with Crippen LogP contribution >= 0.6 is 11.6 Å². The summed E-state index contributed by atoms with van der Waals surface area (Å²) in [6.07, 6.45) is 6.32. The predicted octanol–water partition coefficient (Wildman–Crippen LogP) is 3.54. The normalized spacial score (nSPS) is 19.2. The van der Waals surface area contributed by atoms with Crippen LogP contribution in [0.5, 0.6) is 5.75 Å². The first-order chi connectivity index (χ1) is 8.94. The van der Waals surface area contributed by atoms with E-state index in [0.29, 0.717) is 22.4 Å². The highest BCUT2D eigenvalue weighted by Crippen LogP contribution is 2.39. The second-order valence-electron chi connectivity index (χ2n) is 6.03. The first kappa shape index (κ1) is 14.4. The van der Waals surface area contributed by atoms with Gasteiger partial charge in [0.25, 0.3) is 0 Å². The maximum Gasteiger partial charge on any atom is 0.199 e. The van der Waals surface area contributed by atoms with Gasteiger partial charge in [0.15, 0.2) is 16.7 Å². The van der Waals surface area contributed by atoms with Crippen molar-refractivity contribution in [3.63, 3.8) is 0 Å². The Morgan fingerprint density at radius 3 is 2.53 bits per heavy atom. The largest absolute Gasteiger partial charge is 0.490 e. The number of hydrogen-bond donors (Lipinski definition) is 0. The quantitative estimate of drug-likeness (QED) is 0.795. The van der Waals surface area contributed by atoms with Crippen molar-refractivity contribution in [2.45, 2.75) is 45.6 Å². The fourth-order valence-electron chi connectivity index (χ4n) is 2.71. The third-order valence-corrected chi connectivity index (χ3v) is 4.41. The molecule has 106 valence electrons. The highest BCUT2D eigenvalue weighted by molar-refractivity contribution is 6.31. The van der Waals surface area contributed by atoms with Crippen molar-refractivity contribution in [1.82, 2.24) is 9.97 Å². The van der Waals surface area contributed by atoms with Gasteiger partial charge in [-0.05, 0) is 31.1 Å². The molecule has 0 radical (unpaired) electrons. The van der Waals surface area contributed by atoms with Crippen molar-refractivity contribution in [3.05, 3.63) is 11.5 Å². The maximum absolute atomic E-state index is 6.06. The Hall–Kier alpha value is -1.03. The molecule has 0 aliphatic heterocycles. The monoisotopic (exact) mass is 283 g/mol. The van der Waals surface area contributed by atoms with E-state index >= 15 is 0 Å². The van der Waals surface area contributed by atoms with Crippen molar-refractivity contribution in [2.75, 3.05) is 19.1 Å². The minimum Gasteiger partial charge on any atom is -0.490 e. The number of rotatable bonds is 3. The number of anilines is 1. The van der Waals surface area contributed by atoms with Gasteiger partial charge in [-0.3, -0.25) is 0 Å². The van der Waals surface area contributed by atoms with Gasteiger partial charge < -0.3 is 9.64 Å². The minimum atomic E-state index is 0.371. The minimum absolute atomic E-state index is 0.371. The summed E-state index contributed by atoms with van der Waals surface area (Å²) < 4.78 is 5.33. The number of aromatic nitrogens is 2. The van der Waals surface area contributed by atoms with Crippen LogP contribution in [0.2, 0.25) is 5.15 Å². The van der Waals surface area contributed by atoms with Crippen LogP contribution in [0.15, 0.2) is 6.33 Å². The average molecular weight is 284 g/mol. The third-order valence-electron chi connectivity index (χ3n) is 4.14. The lowest BCUT2D eigenvalue weighted by Gasteiger charge is -2.39. The van der Waals surface area contributed by atoms with Crippen molar-refractivity contribution < 1.29 is 4.74 Å². The Morgan fingerprint density at radius 1 is 1.32 bits per heavy atom. The highest BCUT2D eigenvalue weighted by atomic mass is 35.5. The number of ether oxygens (including phenoxy) is 1.